The Balaban J connectivity index is 1.91. The number of carboxylic acid groups (broad SMARTS) is 1. The highest BCUT2D eigenvalue weighted by molar-refractivity contribution is 6.30. The zero-order valence-electron chi connectivity index (χ0n) is 19.6. The molecule has 6 heteroatoms. The highest BCUT2D eigenvalue weighted by Crippen LogP contribution is 2.29. The van der Waals surface area contributed by atoms with E-state index in [1.807, 2.05) is 22.8 Å². The van der Waals surface area contributed by atoms with Gasteiger partial charge in [0.15, 0.2) is 0 Å². The number of carboxylic acids is 1. The van der Waals surface area contributed by atoms with Crippen molar-refractivity contribution in [3.05, 3.63) is 68.1 Å². The van der Waals surface area contributed by atoms with Crippen molar-refractivity contribution < 1.29 is 9.90 Å². The van der Waals surface area contributed by atoms with Crippen LogP contribution in [0.4, 0.5) is 0 Å². The van der Waals surface area contributed by atoms with E-state index in [0.717, 1.165) is 29.9 Å². The first-order chi connectivity index (χ1) is 15.2. The number of likely N-dealkylation sites (tertiary alicyclic amines) is 1. The maximum absolute atomic E-state index is 13.1. The van der Waals surface area contributed by atoms with Gasteiger partial charge < -0.3 is 9.67 Å². The van der Waals surface area contributed by atoms with Crippen molar-refractivity contribution in [2.45, 2.75) is 78.4 Å². The standard InChI is InChI=1S/C26H35ClN2O3/c1-17(2)14-21-6-5-12-28(21)16-24-22(18(3)4)15-23(27)25(30)29(24)13-11-19-7-9-20(10-8-19)26(31)32/h7-10,15,17-18,21H,5-6,11-14,16H2,1-4H3,(H,31,32)/t21-/m1/s1. The van der Waals surface area contributed by atoms with Crippen LogP contribution in [0.3, 0.4) is 0 Å². The maximum Gasteiger partial charge on any atom is 0.335 e. The average molecular weight is 459 g/mol. The number of rotatable bonds is 9. The summed E-state index contributed by atoms with van der Waals surface area (Å²) in [6.45, 7) is 11.2. The smallest absolute Gasteiger partial charge is 0.335 e. The van der Waals surface area contributed by atoms with Crippen LogP contribution < -0.4 is 5.56 Å². The molecule has 1 atom stereocenters. The molecule has 1 aliphatic heterocycles. The van der Waals surface area contributed by atoms with Crippen LogP contribution in [0, 0.1) is 5.92 Å². The van der Waals surface area contributed by atoms with E-state index in [1.54, 1.807) is 12.1 Å². The third-order valence-electron chi connectivity index (χ3n) is 6.43. The van der Waals surface area contributed by atoms with Crippen molar-refractivity contribution in [1.82, 2.24) is 9.47 Å². The Morgan fingerprint density at radius 3 is 2.47 bits per heavy atom. The molecule has 1 aromatic carbocycles. The third-order valence-corrected chi connectivity index (χ3v) is 6.70. The summed E-state index contributed by atoms with van der Waals surface area (Å²) in [5, 5.41) is 9.38. The molecule has 1 N–H and O–H groups in total. The Morgan fingerprint density at radius 1 is 1.19 bits per heavy atom. The number of halogens is 1. The second-order valence-corrected chi connectivity index (χ2v) is 10.1. The summed E-state index contributed by atoms with van der Waals surface area (Å²) in [5.74, 6) is -0.0326. The molecular weight excluding hydrogens is 424 g/mol. The van der Waals surface area contributed by atoms with Gasteiger partial charge in [0.1, 0.15) is 5.02 Å². The van der Waals surface area contributed by atoms with E-state index in [4.69, 9.17) is 16.7 Å². The fraction of sp³-hybridized carbons (Fsp3) is 0.538. The summed E-state index contributed by atoms with van der Waals surface area (Å²) in [6, 6.07) is 9.27. The molecule has 0 spiro atoms. The number of aromatic nitrogens is 1. The number of nitrogens with zero attached hydrogens (tertiary/aromatic N) is 2. The third kappa shape index (κ3) is 5.81. The maximum atomic E-state index is 13.1. The van der Waals surface area contributed by atoms with Crippen molar-refractivity contribution in [3.8, 4) is 0 Å². The second kappa shape index (κ2) is 10.7. The molecule has 5 nitrogen and oxygen atoms in total. The number of aromatic carboxylic acids is 1. The van der Waals surface area contributed by atoms with Crippen molar-refractivity contribution in [3.63, 3.8) is 0 Å². The molecule has 0 unspecified atom stereocenters. The van der Waals surface area contributed by atoms with Gasteiger partial charge in [-0.05, 0) is 73.4 Å². The summed E-state index contributed by atoms with van der Waals surface area (Å²) >= 11 is 6.37. The molecule has 1 aliphatic rings. The zero-order valence-corrected chi connectivity index (χ0v) is 20.4. The first-order valence-electron chi connectivity index (χ1n) is 11.7. The molecule has 0 radical (unpaired) electrons. The molecule has 0 amide bonds. The molecule has 32 heavy (non-hydrogen) atoms. The van der Waals surface area contributed by atoms with E-state index in [0.29, 0.717) is 24.9 Å². The zero-order chi connectivity index (χ0) is 23.4. The van der Waals surface area contributed by atoms with Crippen LogP contribution in [-0.4, -0.2) is 33.1 Å². The van der Waals surface area contributed by atoms with Crippen LogP contribution >= 0.6 is 11.6 Å². The highest BCUT2D eigenvalue weighted by atomic mass is 35.5. The van der Waals surface area contributed by atoms with Gasteiger partial charge in [0.25, 0.3) is 5.56 Å². The van der Waals surface area contributed by atoms with Gasteiger partial charge in [-0.1, -0.05) is 51.4 Å². The Labute approximate surface area is 196 Å². The minimum atomic E-state index is -0.937. The molecule has 0 saturated carbocycles. The number of hydrogen-bond donors (Lipinski definition) is 1. The van der Waals surface area contributed by atoms with Crippen LogP contribution in [0.1, 0.15) is 80.1 Å². The topological polar surface area (TPSA) is 62.5 Å². The van der Waals surface area contributed by atoms with Gasteiger partial charge in [0.05, 0.1) is 5.56 Å². The van der Waals surface area contributed by atoms with Crippen LogP contribution in [0.25, 0.3) is 0 Å². The van der Waals surface area contributed by atoms with Crippen molar-refractivity contribution in [1.29, 1.82) is 0 Å². The molecule has 2 heterocycles. The summed E-state index contributed by atoms with van der Waals surface area (Å²) in [7, 11) is 0. The first-order valence-corrected chi connectivity index (χ1v) is 12.0. The van der Waals surface area contributed by atoms with Crippen molar-refractivity contribution in [2.75, 3.05) is 6.54 Å². The molecule has 174 valence electrons. The minimum Gasteiger partial charge on any atom is -0.478 e. The van der Waals surface area contributed by atoms with Gasteiger partial charge in [0.2, 0.25) is 0 Å². The molecule has 0 bridgehead atoms. The van der Waals surface area contributed by atoms with Gasteiger partial charge in [0, 0.05) is 24.8 Å². The molecule has 1 saturated heterocycles. The Kier molecular flexibility index (Phi) is 8.18. The lowest BCUT2D eigenvalue weighted by Gasteiger charge is -2.29. The average Bonchev–Trinajstić information content (AvgIpc) is 3.16. The number of hydrogen-bond acceptors (Lipinski definition) is 3. The van der Waals surface area contributed by atoms with Gasteiger partial charge in [-0.25, -0.2) is 4.79 Å². The van der Waals surface area contributed by atoms with E-state index in [1.165, 1.54) is 19.3 Å². The van der Waals surface area contributed by atoms with E-state index in [2.05, 4.69) is 32.6 Å². The number of aryl methyl sites for hydroxylation is 1. The Bertz CT molecular complexity index is 995. The number of benzene rings is 1. The molecule has 1 aromatic heterocycles. The van der Waals surface area contributed by atoms with Crippen LogP contribution in [0.2, 0.25) is 5.02 Å². The fourth-order valence-corrected chi connectivity index (χ4v) is 4.98. The first kappa shape index (κ1) is 24.5. The van der Waals surface area contributed by atoms with Gasteiger partial charge >= 0.3 is 5.97 Å². The van der Waals surface area contributed by atoms with E-state index in [-0.39, 0.29) is 22.1 Å². The normalized spacial score (nSPS) is 16.9. The Hall–Kier alpha value is -2.11. The second-order valence-electron chi connectivity index (χ2n) is 9.65. The number of carbonyl (C=O) groups is 1. The largest absolute Gasteiger partial charge is 0.478 e. The lowest BCUT2D eigenvalue weighted by atomic mass is 9.98. The minimum absolute atomic E-state index is 0.146. The highest BCUT2D eigenvalue weighted by Gasteiger charge is 2.27. The molecule has 2 aromatic rings. The molecule has 3 rings (SSSR count). The predicted octanol–water partition coefficient (Wildman–Crippen LogP) is 5.58. The molecular formula is C26H35ClN2O3. The summed E-state index contributed by atoms with van der Waals surface area (Å²) in [6.07, 6.45) is 4.22. The Morgan fingerprint density at radius 2 is 1.88 bits per heavy atom. The van der Waals surface area contributed by atoms with E-state index in [9.17, 15) is 9.59 Å². The van der Waals surface area contributed by atoms with Gasteiger partial charge in [-0.15, -0.1) is 0 Å². The van der Waals surface area contributed by atoms with Crippen LogP contribution in [0.5, 0.6) is 0 Å². The molecule has 0 aliphatic carbocycles. The predicted molar refractivity (Wildman–Crippen MR) is 130 cm³/mol. The van der Waals surface area contributed by atoms with Crippen LogP contribution in [0.15, 0.2) is 35.1 Å². The quantitative estimate of drug-likeness (QED) is 0.533. The van der Waals surface area contributed by atoms with E-state index < -0.39 is 5.97 Å². The summed E-state index contributed by atoms with van der Waals surface area (Å²) in [4.78, 5) is 26.7. The van der Waals surface area contributed by atoms with Gasteiger partial charge in [-0.3, -0.25) is 9.69 Å². The summed E-state index contributed by atoms with van der Waals surface area (Å²) < 4.78 is 1.85. The van der Waals surface area contributed by atoms with Crippen LogP contribution in [-0.2, 0) is 19.5 Å². The summed E-state index contributed by atoms with van der Waals surface area (Å²) in [5.41, 5.74) is 3.31. The monoisotopic (exact) mass is 458 g/mol. The molecule has 1 fully saturated rings. The lowest BCUT2D eigenvalue weighted by molar-refractivity contribution is 0.0697. The van der Waals surface area contributed by atoms with E-state index >= 15 is 0 Å². The van der Waals surface area contributed by atoms with Crippen molar-refractivity contribution >= 4 is 17.6 Å². The van der Waals surface area contributed by atoms with Gasteiger partial charge in [-0.2, -0.15) is 0 Å². The van der Waals surface area contributed by atoms with Crippen molar-refractivity contribution in [2.24, 2.45) is 5.92 Å². The lowest BCUT2D eigenvalue weighted by Crippen LogP contribution is -2.35. The fourth-order valence-electron chi connectivity index (χ4n) is 4.76. The SMILES string of the molecule is CC(C)C[C@H]1CCCN1Cc1c(C(C)C)cc(Cl)c(=O)n1CCc1ccc(C(=O)O)cc1. The number of pyridine rings is 1.